The van der Waals surface area contributed by atoms with Crippen LogP contribution < -0.4 is 0 Å². The molecule has 13 heavy (non-hydrogen) atoms. The Morgan fingerprint density at radius 1 is 1.38 bits per heavy atom. The van der Waals surface area contributed by atoms with Crippen LogP contribution in [0.5, 0.6) is 0 Å². The molecule has 66 valence electrons. The minimum Gasteiger partial charge on any atom is -0.245 e. The van der Waals surface area contributed by atoms with Crippen molar-refractivity contribution in [3.05, 3.63) is 38.9 Å². The largest absolute Gasteiger partial charge is 0.245 e. The van der Waals surface area contributed by atoms with Crippen LogP contribution >= 0.6 is 33.9 Å². The average molecular weight is 301 g/mol. The van der Waals surface area contributed by atoms with Gasteiger partial charge in [0, 0.05) is 20.7 Å². The molecule has 0 aliphatic carbocycles. The lowest BCUT2D eigenvalue weighted by Crippen LogP contribution is -1.81. The van der Waals surface area contributed by atoms with E-state index in [1.165, 1.54) is 14.7 Å². The normalized spacial score (nSPS) is 10.3. The van der Waals surface area contributed by atoms with E-state index in [2.05, 4.69) is 52.7 Å². The molecule has 0 atom stereocenters. The zero-order chi connectivity index (χ0) is 9.26. The maximum Gasteiger partial charge on any atom is 0.123 e. The molecule has 1 heterocycles. The predicted octanol–water partition coefficient (Wildman–Crippen LogP) is 3.72. The maximum absolute atomic E-state index is 4.27. The molecule has 1 aromatic heterocycles. The molecule has 0 aliphatic heterocycles. The van der Waals surface area contributed by atoms with E-state index in [0.717, 1.165) is 5.01 Å². The summed E-state index contributed by atoms with van der Waals surface area (Å²) in [5.41, 5.74) is 2.53. The van der Waals surface area contributed by atoms with Crippen molar-refractivity contribution in [1.82, 2.24) is 4.98 Å². The molecular weight excluding hydrogens is 293 g/mol. The van der Waals surface area contributed by atoms with E-state index in [4.69, 9.17) is 0 Å². The summed E-state index contributed by atoms with van der Waals surface area (Å²) in [6.45, 7) is 2.12. The molecule has 0 aliphatic rings. The average Bonchev–Trinajstić information content (AvgIpc) is 2.62. The third-order valence-corrected chi connectivity index (χ3v) is 3.84. The number of hydrogen-bond donors (Lipinski definition) is 0. The van der Waals surface area contributed by atoms with Crippen molar-refractivity contribution in [2.45, 2.75) is 6.92 Å². The van der Waals surface area contributed by atoms with E-state index in [9.17, 15) is 0 Å². The Morgan fingerprint density at radius 2 is 2.23 bits per heavy atom. The van der Waals surface area contributed by atoms with Crippen LogP contribution in [-0.2, 0) is 0 Å². The van der Waals surface area contributed by atoms with Crippen molar-refractivity contribution in [3.8, 4) is 10.6 Å². The number of halogens is 1. The van der Waals surface area contributed by atoms with Crippen LogP contribution in [0.1, 0.15) is 5.56 Å². The summed E-state index contributed by atoms with van der Waals surface area (Å²) in [6.07, 6.45) is 1.84. The number of aromatic nitrogens is 1. The van der Waals surface area contributed by atoms with Gasteiger partial charge in [-0.25, -0.2) is 4.98 Å². The van der Waals surface area contributed by atoms with Gasteiger partial charge in [-0.3, -0.25) is 0 Å². The predicted molar refractivity (Wildman–Crippen MR) is 65.0 cm³/mol. The third-order valence-electron chi connectivity index (χ3n) is 1.85. The van der Waals surface area contributed by atoms with Gasteiger partial charge in [0.05, 0.1) is 0 Å². The number of hydrogen-bond acceptors (Lipinski definition) is 2. The quantitative estimate of drug-likeness (QED) is 0.732. The van der Waals surface area contributed by atoms with E-state index in [-0.39, 0.29) is 0 Å². The van der Waals surface area contributed by atoms with Crippen molar-refractivity contribution in [2.75, 3.05) is 0 Å². The van der Waals surface area contributed by atoms with E-state index in [0.29, 0.717) is 0 Å². The highest BCUT2D eigenvalue weighted by atomic mass is 127. The summed E-state index contributed by atoms with van der Waals surface area (Å²) in [7, 11) is 0. The summed E-state index contributed by atoms with van der Waals surface area (Å²) in [5, 5.41) is 3.10. The highest BCUT2D eigenvalue weighted by Gasteiger charge is 2.01. The first-order chi connectivity index (χ1) is 6.27. The molecule has 1 aromatic carbocycles. The molecule has 0 bridgehead atoms. The van der Waals surface area contributed by atoms with Crippen molar-refractivity contribution >= 4 is 33.9 Å². The Morgan fingerprint density at radius 3 is 2.85 bits per heavy atom. The molecule has 0 amide bonds. The highest BCUT2D eigenvalue weighted by molar-refractivity contribution is 14.1. The zero-order valence-electron chi connectivity index (χ0n) is 7.12. The van der Waals surface area contributed by atoms with E-state index >= 15 is 0 Å². The van der Waals surface area contributed by atoms with Crippen LogP contribution in [0.25, 0.3) is 10.6 Å². The Kier molecular flexibility index (Phi) is 2.64. The summed E-state index contributed by atoms with van der Waals surface area (Å²) >= 11 is 4.03. The molecule has 3 heteroatoms. The van der Waals surface area contributed by atoms with Crippen LogP contribution in [0.4, 0.5) is 0 Å². The van der Waals surface area contributed by atoms with Crippen molar-refractivity contribution < 1.29 is 0 Å². The Hall–Kier alpha value is -0.420. The second-order valence-corrected chi connectivity index (χ2v) is 4.86. The molecule has 0 N–H and O–H groups in total. The van der Waals surface area contributed by atoms with Crippen LogP contribution in [0, 0.1) is 10.5 Å². The highest BCUT2D eigenvalue weighted by Crippen LogP contribution is 2.24. The Labute approximate surface area is 95.0 Å². The van der Waals surface area contributed by atoms with Crippen LogP contribution in [-0.4, -0.2) is 4.98 Å². The van der Waals surface area contributed by atoms with Gasteiger partial charge in [-0.05, 0) is 41.1 Å². The molecule has 2 rings (SSSR count). The maximum atomic E-state index is 4.27. The third kappa shape index (κ3) is 1.91. The van der Waals surface area contributed by atoms with E-state index in [1.54, 1.807) is 11.3 Å². The van der Waals surface area contributed by atoms with E-state index < -0.39 is 0 Å². The van der Waals surface area contributed by atoms with Crippen molar-refractivity contribution in [2.24, 2.45) is 0 Å². The van der Waals surface area contributed by atoms with Crippen molar-refractivity contribution in [3.63, 3.8) is 0 Å². The fourth-order valence-electron chi connectivity index (χ4n) is 1.09. The first kappa shape index (κ1) is 9.15. The molecule has 0 saturated carbocycles. The van der Waals surface area contributed by atoms with Gasteiger partial charge in [-0.15, -0.1) is 11.3 Å². The Bertz CT molecular complexity index is 409. The van der Waals surface area contributed by atoms with E-state index in [1.807, 2.05) is 11.6 Å². The van der Waals surface area contributed by atoms with Gasteiger partial charge in [0.25, 0.3) is 0 Å². The molecule has 1 nitrogen and oxygen atoms in total. The smallest absolute Gasteiger partial charge is 0.123 e. The van der Waals surface area contributed by atoms with Gasteiger partial charge in [0.15, 0.2) is 0 Å². The number of aryl methyl sites for hydroxylation is 1. The lowest BCUT2D eigenvalue weighted by molar-refractivity contribution is 1.38. The lowest BCUT2D eigenvalue weighted by Gasteiger charge is -2.00. The molecule has 0 unspecified atom stereocenters. The lowest BCUT2D eigenvalue weighted by atomic mass is 10.2. The minimum absolute atomic E-state index is 1.10. The molecular formula is C10H8INS. The number of rotatable bonds is 1. The first-order valence-electron chi connectivity index (χ1n) is 3.93. The van der Waals surface area contributed by atoms with Crippen LogP contribution in [0.15, 0.2) is 29.8 Å². The van der Waals surface area contributed by atoms with Crippen LogP contribution in [0.2, 0.25) is 0 Å². The van der Waals surface area contributed by atoms with Gasteiger partial charge >= 0.3 is 0 Å². The zero-order valence-corrected chi connectivity index (χ0v) is 10.1. The SMILES string of the molecule is Cc1ccc(-c2nccs2)cc1I. The number of nitrogens with zero attached hydrogens (tertiary/aromatic N) is 1. The first-order valence-corrected chi connectivity index (χ1v) is 5.89. The van der Waals surface area contributed by atoms with Gasteiger partial charge in [-0.2, -0.15) is 0 Å². The molecule has 0 radical (unpaired) electrons. The Balaban J connectivity index is 2.49. The van der Waals surface area contributed by atoms with Gasteiger partial charge in [0.1, 0.15) is 5.01 Å². The fourth-order valence-corrected chi connectivity index (χ4v) is 2.24. The monoisotopic (exact) mass is 301 g/mol. The second-order valence-electron chi connectivity index (χ2n) is 2.80. The minimum atomic E-state index is 1.10. The summed E-state index contributed by atoms with van der Waals surface area (Å²) < 4.78 is 1.30. The molecule has 0 fully saturated rings. The molecule has 0 saturated heterocycles. The topological polar surface area (TPSA) is 12.9 Å². The standard InChI is InChI=1S/C10H8INS/c1-7-2-3-8(6-9(7)11)10-12-4-5-13-10/h2-6H,1H3. The molecule has 2 aromatic rings. The van der Waals surface area contributed by atoms with Gasteiger partial charge in [-0.1, -0.05) is 12.1 Å². The summed E-state index contributed by atoms with van der Waals surface area (Å²) in [5.74, 6) is 0. The van der Waals surface area contributed by atoms with Crippen molar-refractivity contribution in [1.29, 1.82) is 0 Å². The number of thiazole rings is 1. The molecule has 0 spiro atoms. The second kappa shape index (κ2) is 3.75. The van der Waals surface area contributed by atoms with Gasteiger partial charge < -0.3 is 0 Å². The summed E-state index contributed by atoms with van der Waals surface area (Å²) in [4.78, 5) is 4.27. The van der Waals surface area contributed by atoms with Gasteiger partial charge in [0.2, 0.25) is 0 Å². The number of benzene rings is 1. The summed E-state index contributed by atoms with van der Waals surface area (Å²) in [6, 6.07) is 6.43. The van der Waals surface area contributed by atoms with Crippen LogP contribution in [0.3, 0.4) is 0 Å². The fraction of sp³-hybridized carbons (Fsp3) is 0.100.